The lowest BCUT2D eigenvalue weighted by atomic mass is 10.2. The van der Waals surface area contributed by atoms with Crippen LogP contribution in [0.5, 0.6) is 5.75 Å². The van der Waals surface area contributed by atoms with Crippen LogP contribution in [0, 0.1) is 5.82 Å². The fraction of sp³-hybridized carbons (Fsp3) is 0.200. The van der Waals surface area contributed by atoms with Crippen molar-refractivity contribution in [2.75, 3.05) is 24.8 Å². The van der Waals surface area contributed by atoms with Crippen LogP contribution in [0.15, 0.2) is 40.9 Å². The van der Waals surface area contributed by atoms with E-state index in [1.807, 2.05) is 36.2 Å². The Hall–Kier alpha value is -1.75. The van der Waals surface area contributed by atoms with E-state index in [1.165, 1.54) is 13.2 Å². The molecule has 0 aromatic heterocycles. The topological polar surface area (TPSA) is 38.5 Å². The molecule has 106 valence electrons. The summed E-state index contributed by atoms with van der Waals surface area (Å²) in [5.41, 5.74) is 8.15. The molecular formula is C15H16BrFN2O. The van der Waals surface area contributed by atoms with Gasteiger partial charge in [0.15, 0.2) is 11.6 Å². The van der Waals surface area contributed by atoms with Crippen molar-refractivity contribution in [3.8, 4) is 5.75 Å². The summed E-state index contributed by atoms with van der Waals surface area (Å²) in [6, 6.07) is 10.9. The lowest BCUT2D eigenvalue weighted by Gasteiger charge is -2.22. The fourth-order valence-electron chi connectivity index (χ4n) is 1.99. The van der Waals surface area contributed by atoms with Crippen molar-refractivity contribution in [1.29, 1.82) is 0 Å². The van der Waals surface area contributed by atoms with Gasteiger partial charge in [0, 0.05) is 30.2 Å². The van der Waals surface area contributed by atoms with Crippen molar-refractivity contribution >= 4 is 27.3 Å². The molecule has 0 aliphatic heterocycles. The molecule has 0 aliphatic rings. The number of halogens is 2. The highest BCUT2D eigenvalue weighted by Gasteiger charge is 2.12. The van der Waals surface area contributed by atoms with Crippen molar-refractivity contribution in [3.05, 3.63) is 52.3 Å². The number of methoxy groups -OCH3 is 1. The number of anilines is 2. The molecule has 0 atom stereocenters. The molecule has 2 aromatic carbocycles. The van der Waals surface area contributed by atoms with Gasteiger partial charge in [-0.25, -0.2) is 4.39 Å². The van der Waals surface area contributed by atoms with E-state index >= 15 is 0 Å². The van der Waals surface area contributed by atoms with Crippen molar-refractivity contribution in [2.45, 2.75) is 6.54 Å². The van der Waals surface area contributed by atoms with Gasteiger partial charge in [-0.1, -0.05) is 28.1 Å². The van der Waals surface area contributed by atoms with Crippen LogP contribution >= 0.6 is 15.9 Å². The first kappa shape index (κ1) is 14.7. The number of nitrogens with zero attached hydrogens (tertiary/aromatic N) is 1. The number of rotatable bonds is 4. The minimum absolute atomic E-state index is 0.192. The van der Waals surface area contributed by atoms with E-state index in [2.05, 4.69) is 15.9 Å². The van der Waals surface area contributed by atoms with Gasteiger partial charge in [-0.05, 0) is 17.7 Å². The predicted octanol–water partition coefficient (Wildman–Crippen LogP) is 3.82. The van der Waals surface area contributed by atoms with Gasteiger partial charge in [-0.2, -0.15) is 0 Å². The van der Waals surface area contributed by atoms with Crippen LogP contribution in [0.25, 0.3) is 0 Å². The Morgan fingerprint density at radius 3 is 2.50 bits per heavy atom. The minimum Gasteiger partial charge on any atom is -0.494 e. The van der Waals surface area contributed by atoms with Crippen LogP contribution in [0.2, 0.25) is 0 Å². The quantitative estimate of drug-likeness (QED) is 0.861. The second-order valence-corrected chi connectivity index (χ2v) is 5.44. The molecule has 0 radical (unpaired) electrons. The first-order valence-electron chi connectivity index (χ1n) is 6.10. The second kappa shape index (κ2) is 6.13. The molecule has 0 bridgehead atoms. The molecular weight excluding hydrogens is 323 g/mol. The number of nitrogens with two attached hydrogens (primary N) is 1. The van der Waals surface area contributed by atoms with Crippen LogP contribution in [0.3, 0.4) is 0 Å². The molecule has 3 nitrogen and oxygen atoms in total. The van der Waals surface area contributed by atoms with E-state index in [0.717, 1.165) is 15.7 Å². The molecule has 0 aliphatic carbocycles. The average molecular weight is 339 g/mol. The molecule has 0 saturated carbocycles. The summed E-state index contributed by atoms with van der Waals surface area (Å²) in [4.78, 5) is 1.96. The Bertz CT molecular complexity index is 602. The Morgan fingerprint density at radius 2 is 1.90 bits per heavy atom. The molecule has 0 heterocycles. The van der Waals surface area contributed by atoms with Crippen molar-refractivity contribution in [1.82, 2.24) is 0 Å². The molecule has 0 spiro atoms. The van der Waals surface area contributed by atoms with E-state index in [1.54, 1.807) is 6.07 Å². The molecule has 2 aromatic rings. The molecule has 0 fully saturated rings. The predicted molar refractivity (Wildman–Crippen MR) is 83.6 cm³/mol. The number of ether oxygens (including phenoxy) is 1. The monoisotopic (exact) mass is 338 g/mol. The first-order valence-corrected chi connectivity index (χ1v) is 6.89. The third kappa shape index (κ3) is 3.22. The van der Waals surface area contributed by atoms with Crippen LogP contribution < -0.4 is 15.4 Å². The summed E-state index contributed by atoms with van der Waals surface area (Å²) >= 11 is 3.40. The Kier molecular flexibility index (Phi) is 4.49. The zero-order valence-corrected chi connectivity index (χ0v) is 12.9. The van der Waals surface area contributed by atoms with Crippen LogP contribution in [0.4, 0.5) is 15.8 Å². The molecule has 20 heavy (non-hydrogen) atoms. The maximum Gasteiger partial charge on any atom is 0.167 e. The summed E-state index contributed by atoms with van der Waals surface area (Å²) in [5.74, 6) is -0.261. The maximum absolute atomic E-state index is 13.5. The Morgan fingerprint density at radius 1 is 1.25 bits per heavy atom. The highest BCUT2D eigenvalue weighted by molar-refractivity contribution is 9.10. The van der Waals surface area contributed by atoms with Gasteiger partial charge in [0.05, 0.1) is 18.5 Å². The van der Waals surface area contributed by atoms with Gasteiger partial charge in [0.25, 0.3) is 0 Å². The first-order chi connectivity index (χ1) is 9.51. The van der Waals surface area contributed by atoms with Gasteiger partial charge < -0.3 is 15.4 Å². The zero-order chi connectivity index (χ0) is 14.7. The molecule has 2 rings (SSSR count). The summed E-state index contributed by atoms with van der Waals surface area (Å²) in [5, 5.41) is 0. The SMILES string of the molecule is COc1cc(N(C)Cc2ccc(Br)cc2)c(N)cc1F. The Labute approximate surface area is 126 Å². The lowest BCUT2D eigenvalue weighted by molar-refractivity contribution is 0.387. The summed E-state index contributed by atoms with van der Waals surface area (Å²) < 4.78 is 19.6. The van der Waals surface area contributed by atoms with E-state index in [-0.39, 0.29) is 5.75 Å². The van der Waals surface area contributed by atoms with Crippen molar-refractivity contribution < 1.29 is 9.13 Å². The highest BCUT2D eigenvalue weighted by atomic mass is 79.9. The highest BCUT2D eigenvalue weighted by Crippen LogP contribution is 2.31. The van der Waals surface area contributed by atoms with Crippen molar-refractivity contribution in [2.24, 2.45) is 0 Å². The number of hydrogen-bond acceptors (Lipinski definition) is 3. The molecule has 2 N–H and O–H groups in total. The van der Waals surface area contributed by atoms with Crippen LogP contribution in [-0.4, -0.2) is 14.2 Å². The standard InChI is InChI=1S/C15H16BrFN2O/c1-19(9-10-3-5-11(16)6-4-10)14-8-15(20-2)12(17)7-13(14)18/h3-8H,9,18H2,1-2H3. The lowest BCUT2D eigenvalue weighted by Crippen LogP contribution is -2.18. The van der Waals surface area contributed by atoms with Gasteiger partial charge in [-0.3, -0.25) is 0 Å². The summed E-state index contributed by atoms with van der Waals surface area (Å²) in [7, 11) is 3.35. The summed E-state index contributed by atoms with van der Waals surface area (Å²) in [6.45, 7) is 0.673. The zero-order valence-electron chi connectivity index (χ0n) is 11.4. The summed E-state index contributed by atoms with van der Waals surface area (Å²) in [6.07, 6.45) is 0. The van der Waals surface area contributed by atoms with Crippen molar-refractivity contribution in [3.63, 3.8) is 0 Å². The number of nitrogen functional groups attached to an aromatic ring is 1. The van der Waals surface area contributed by atoms with Gasteiger partial charge in [-0.15, -0.1) is 0 Å². The van der Waals surface area contributed by atoms with E-state index < -0.39 is 5.82 Å². The molecule has 5 heteroatoms. The maximum atomic E-state index is 13.5. The molecule has 0 amide bonds. The fourth-order valence-corrected chi connectivity index (χ4v) is 2.26. The number of benzene rings is 2. The number of hydrogen-bond donors (Lipinski definition) is 1. The largest absolute Gasteiger partial charge is 0.494 e. The Balaban J connectivity index is 2.24. The third-order valence-electron chi connectivity index (χ3n) is 3.05. The third-order valence-corrected chi connectivity index (χ3v) is 3.57. The minimum atomic E-state index is -0.453. The van der Waals surface area contributed by atoms with E-state index in [9.17, 15) is 4.39 Å². The van der Waals surface area contributed by atoms with Crippen LogP contribution in [0.1, 0.15) is 5.56 Å². The molecule has 0 unspecified atom stereocenters. The van der Waals surface area contributed by atoms with E-state index in [0.29, 0.717) is 12.2 Å². The van der Waals surface area contributed by atoms with Gasteiger partial charge in [0.1, 0.15) is 0 Å². The van der Waals surface area contributed by atoms with Gasteiger partial charge in [0.2, 0.25) is 0 Å². The van der Waals surface area contributed by atoms with E-state index in [4.69, 9.17) is 10.5 Å². The van der Waals surface area contributed by atoms with Crippen LogP contribution in [-0.2, 0) is 6.54 Å². The normalized spacial score (nSPS) is 10.4. The smallest absolute Gasteiger partial charge is 0.167 e. The molecule has 0 saturated heterocycles. The second-order valence-electron chi connectivity index (χ2n) is 4.53. The average Bonchev–Trinajstić information content (AvgIpc) is 2.41. The van der Waals surface area contributed by atoms with Gasteiger partial charge >= 0.3 is 0 Å².